The summed E-state index contributed by atoms with van der Waals surface area (Å²) in [5.41, 5.74) is 1.82. The second-order valence-electron chi connectivity index (χ2n) is 5.21. The zero-order valence-corrected chi connectivity index (χ0v) is 12.1. The van der Waals surface area contributed by atoms with Gasteiger partial charge in [-0.3, -0.25) is 9.48 Å². The number of fused-ring (bicyclic) bond motifs is 1. The maximum Gasteiger partial charge on any atom is 0.249 e. The largest absolute Gasteiger partial charge is 0.307 e. The molecule has 1 aliphatic carbocycles. The second-order valence-corrected chi connectivity index (χ2v) is 5.21. The van der Waals surface area contributed by atoms with E-state index in [1.807, 2.05) is 0 Å². The van der Waals surface area contributed by atoms with Crippen LogP contribution in [0.4, 0.5) is 14.6 Å². The number of rotatable bonds is 3. The summed E-state index contributed by atoms with van der Waals surface area (Å²) < 4.78 is 28.6. The van der Waals surface area contributed by atoms with E-state index in [4.69, 9.17) is 0 Å². The molecule has 0 saturated carbocycles. The first-order valence-electron chi connectivity index (χ1n) is 7.04. The van der Waals surface area contributed by atoms with E-state index in [0.717, 1.165) is 54.8 Å². The van der Waals surface area contributed by atoms with Gasteiger partial charge in [0.2, 0.25) is 5.91 Å². The Morgan fingerprint density at radius 3 is 2.77 bits per heavy atom. The maximum atomic E-state index is 13.5. The van der Waals surface area contributed by atoms with Crippen molar-refractivity contribution in [3.8, 4) is 0 Å². The van der Waals surface area contributed by atoms with Crippen molar-refractivity contribution in [2.45, 2.75) is 19.3 Å². The zero-order valence-electron chi connectivity index (χ0n) is 12.1. The minimum absolute atomic E-state index is 0.229. The predicted octanol–water partition coefficient (Wildman–Crippen LogP) is 2.84. The van der Waals surface area contributed by atoms with E-state index >= 15 is 0 Å². The van der Waals surface area contributed by atoms with E-state index < -0.39 is 17.5 Å². The Morgan fingerprint density at radius 2 is 2.05 bits per heavy atom. The number of aromatic nitrogens is 2. The Hall–Kier alpha value is -2.50. The third-order valence-corrected chi connectivity index (χ3v) is 3.71. The van der Waals surface area contributed by atoms with Crippen LogP contribution in [-0.2, 0) is 24.7 Å². The van der Waals surface area contributed by atoms with Gasteiger partial charge in [0.05, 0.1) is 5.69 Å². The lowest BCUT2D eigenvalue weighted by Crippen LogP contribution is -2.13. The first-order chi connectivity index (χ1) is 10.6. The first-order valence-corrected chi connectivity index (χ1v) is 7.04. The van der Waals surface area contributed by atoms with Crippen molar-refractivity contribution < 1.29 is 13.6 Å². The highest BCUT2D eigenvalue weighted by Gasteiger charge is 2.21. The van der Waals surface area contributed by atoms with Crippen LogP contribution in [0.5, 0.6) is 0 Å². The standard InChI is InChI=1S/C16H15F2N3O/c1-21-16(11-4-2-7-14(11)20-21)19-15(22)9-8-10-12(17)5-3-6-13(10)18/h3,5-6,8-9H,2,4,7H2,1H3,(H,19,22). The number of hydrogen-bond donors (Lipinski definition) is 1. The van der Waals surface area contributed by atoms with E-state index in [0.29, 0.717) is 5.82 Å². The van der Waals surface area contributed by atoms with E-state index in [1.54, 1.807) is 11.7 Å². The van der Waals surface area contributed by atoms with Crippen LogP contribution in [0, 0.1) is 11.6 Å². The van der Waals surface area contributed by atoms with Gasteiger partial charge in [0, 0.05) is 24.3 Å². The van der Waals surface area contributed by atoms with Crippen LogP contribution in [0.1, 0.15) is 23.2 Å². The molecule has 0 radical (unpaired) electrons. The molecule has 1 aromatic carbocycles. The van der Waals surface area contributed by atoms with Gasteiger partial charge in [-0.15, -0.1) is 0 Å². The van der Waals surface area contributed by atoms with Crippen LogP contribution in [0.15, 0.2) is 24.3 Å². The average Bonchev–Trinajstić information content (AvgIpc) is 3.01. The van der Waals surface area contributed by atoms with Crippen molar-refractivity contribution in [3.63, 3.8) is 0 Å². The van der Waals surface area contributed by atoms with Gasteiger partial charge in [-0.25, -0.2) is 8.78 Å². The van der Waals surface area contributed by atoms with Crippen molar-refractivity contribution >= 4 is 17.8 Å². The molecule has 0 unspecified atom stereocenters. The molecule has 1 aliphatic rings. The highest BCUT2D eigenvalue weighted by molar-refractivity contribution is 6.02. The van der Waals surface area contributed by atoms with E-state index in [2.05, 4.69) is 10.4 Å². The summed E-state index contributed by atoms with van der Waals surface area (Å²) >= 11 is 0. The molecule has 22 heavy (non-hydrogen) atoms. The summed E-state index contributed by atoms with van der Waals surface area (Å²) in [7, 11) is 1.76. The molecule has 4 nitrogen and oxygen atoms in total. The molecule has 1 aromatic heterocycles. The highest BCUT2D eigenvalue weighted by Crippen LogP contribution is 2.28. The lowest BCUT2D eigenvalue weighted by molar-refractivity contribution is -0.111. The number of amides is 1. The lowest BCUT2D eigenvalue weighted by Gasteiger charge is -2.05. The number of nitrogens with one attached hydrogen (secondary N) is 1. The molecule has 0 fully saturated rings. The summed E-state index contributed by atoms with van der Waals surface area (Å²) in [5.74, 6) is -1.20. The fourth-order valence-corrected chi connectivity index (χ4v) is 2.66. The highest BCUT2D eigenvalue weighted by atomic mass is 19.1. The molecule has 0 bridgehead atoms. The third kappa shape index (κ3) is 2.64. The minimum Gasteiger partial charge on any atom is -0.307 e. The van der Waals surface area contributed by atoms with E-state index in [1.165, 1.54) is 6.07 Å². The summed E-state index contributed by atoms with van der Waals surface area (Å²) in [4.78, 5) is 12.0. The van der Waals surface area contributed by atoms with Crippen LogP contribution < -0.4 is 5.32 Å². The van der Waals surface area contributed by atoms with Crippen molar-refractivity contribution in [2.24, 2.45) is 7.05 Å². The molecule has 114 valence electrons. The molecule has 0 saturated heterocycles. The lowest BCUT2D eigenvalue weighted by atomic mass is 10.2. The van der Waals surface area contributed by atoms with Crippen LogP contribution in [0.25, 0.3) is 6.08 Å². The molecule has 1 amide bonds. The molecular weight excluding hydrogens is 288 g/mol. The molecule has 2 aromatic rings. The fourth-order valence-electron chi connectivity index (χ4n) is 2.66. The SMILES string of the molecule is Cn1nc2c(c1NC(=O)C=Cc1c(F)cccc1F)CCC2. The molecule has 0 aliphatic heterocycles. The number of anilines is 1. The zero-order chi connectivity index (χ0) is 15.7. The Kier molecular flexibility index (Phi) is 3.75. The van der Waals surface area contributed by atoms with Gasteiger partial charge in [-0.05, 0) is 37.5 Å². The average molecular weight is 303 g/mol. The number of halogens is 2. The third-order valence-electron chi connectivity index (χ3n) is 3.71. The van der Waals surface area contributed by atoms with Crippen molar-refractivity contribution in [1.29, 1.82) is 0 Å². The number of nitrogens with zero attached hydrogens (tertiary/aromatic N) is 2. The van der Waals surface area contributed by atoms with Gasteiger partial charge in [0.1, 0.15) is 17.5 Å². The Labute approximate surface area is 126 Å². The van der Waals surface area contributed by atoms with E-state index in [9.17, 15) is 13.6 Å². The van der Waals surface area contributed by atoms with Crippen molar-refractivity contribution in [2.75, 3.05) is 5.32 Å². The van der Waals surface area contributed by atoms with Crippen LogP contribution >= 0.6 is 0 Å². The number of carbonyl (C=O) groups excluding carboxylic acids is 1. The topological polar surface area (TPSA) is 46.9 Å². The van der Waals surface area contributed by atoms with Gasteiger partial charge in [-0.1, -0.05) is 6.07 Å². The normalized spacial score (nSPS) is 13.6. The maximum absolute atomic E-state index is 13.5. The van der Waals surface area contributed by atoms with Crippen LogP contribution in [0.3, 0.4) is 0 Å². The molecule has 1 N–H and O–H groups in total. The van der Waals surface area contributed by atoms with Gasteiger partial charge < -0.3 is 5.32 Å². The smallest absolute Gasteiger partial charge is 0.249 e. The van der Waals surface area contributed by atoms with Gasteiger partial charge in [-0.2, -0.15) is 5.10 Å². The first kappa shape index (κ1) is 14.4. The Bertz CT molecular complexity index is 745. The van der Waals surface area contributed by atoms with Crippen molar-refractivity contribution in [1.82, 2.24) is 9.78 Å². The monoisotopic (exact) mass is 303 g/mol. The van der Waals surface area contributed by atoms with Crippen molar-refractivity contribution in [3.05, 3.63) is 52.7 Å². The molecule has 0 spiro atoms. The predicted molar refractivity (Wildman–Crippen MR) is 79.3 cm³/mol. The van der Waals surface area contributed by atoms with E-state index in [-0.39, 0.29) is 5.56 Å². The number of aryl methyl sites for hydroxylation is 2. The molecular formula is C16H15F2N3O. The molecule has 0 atom stereocenters. The molecule has 6 heteroatoms. The number of benzene rings is 1. The number of carbonyl (C=O) groups is 1. The summed E-state index contributed by atoms with van der Waals surface area (Å²) in [6, 6.07) is 3.57. The van der Waals surface area contributed by atoms with Gasteiger partial charge in [0.25, 0.3) is 0 Å². The summed E-state index contributed by atoms with van der Waals surface area (Å²) in [5, 5.41) is 7.08. The molecule has 3 rings (SSSR count). The van der Waals surface area contributed by atoms with Gasteiger partial charge >= 0.3 is 0 Å². The second kappa shape index (κ2) is 5.71. The minimum atomic E-state index is -0.703. The quantitative estimate of drug-likeness (QED) is 0.886. The summed E-state index contributed by atoms with van der Waals surface area (Å²) in [6.45, 7) is 0. The Balaban J connectivity index is 1.77. The van der Waals surface area contributed by atoms with Gasteiger partial charge in [0.15, 0.2) is 0 Å². The van der Waals surface area contributed by atoms with Crippen LogP contribution in [-0.4, -0.2) is 15.7 Å². The summed E-state index contributed by atoms with van der Waals surface area (Å²) in [6.07, 6.45) is 5.07. The Morgan fingerprint density at radius 1 is 1.32 bits per heavy atom. The number of hydrogen-bond acceptors (Lipinski definition) is 2. The molecule has 1 heterocycles. The fraction of sp³-hybridized carbons (Fsp3) is 0.250. The van der Waals surface area contributed by atoms with Crippen LogP contribution in [0.2, 0.25) is 0 Å².